The van der Waals surface area contributed by atoms with Gasteiger partial charge in [0.2, 0.25) is 5.91 Å². The van der Waals surface area contributed by atoms with Gasteiger partial charge in [0.15, 0.2) is 0 Å². The van der Waals surface area contributed by atoms with E-state index in [4.69, 9.17) is 0 Å². The van der Waals surface area contributed by atoms with E-state index in [1.165, 1.54) is 0 Å². The Morgan fingerprint density at radius 2 is 2.08 bits per heavy atom. The highest BCUT2D eigenvalue weighted by molar-refractivity contribution is 5.91. The van der Waals surface area contributed by atoms with Crippen LogP contribution in [0.4, 0.5) is 5.69 Å². The number of ether oxygens (including phenoxy) is 1. The fourth-order valence-corrected chi connectivity index (χ4v) is 0.927. The van der Waals surface area contributed by atoms with Gasteiger partial charge in [0.05, 0.1) is 7.11 Å². The monoisotopic (exact) mass is 178 g/mol. The molecule has 0 aliphatic rings. The number of rotatable bonds is 3. The molecular weight excluding hydrogens is 166 g/mol. The van der Waals surface area contributed by atoms with Gasteiger partial charge in [-0.1, -0.05) is 17.7 Å². The van der Waals surface area contributed by atoms with E-state index in [9.17, 15) is 4.79 Å². The maximum Gasteiger partial charge on any atom is 0.250 e. The van der Waals surface area contributed by atoms with E-state index in [2.05, 4.69) is 17.2 Å². The Bertz CT molecular complexity index is 279. The summed E-state index contributed by atoms with van der Waals surface area (Å²) in [4.78, 5) is 11.0. The van der Waals surface area contributed by atoms with Crippen LogP contribution in [0.3, 0.4) is 0 Å². The van der Waals surface area contributed by atoms with Gasteiger partial charge < -0.3 is 10.1 Å². The predicted octanol–water partition coefficient (Wildman–Crippen LogP) is 1.74. The lowest BCUT2D eigenvalue weighted by Crippen LogP contribution is -2.16. The van der Waals surface area contributed by atoms with E-state index in [0.29, 0.717) is 0 Å². The topological polar surface area (TPSA) is 38.3 Å². The van der Waals surface area contributed by atoms with Gasteiger partial charge in [-0.2, -0.15) is 0 Å². The first-order valence-electron chi connectivity index (χ1n) is 3.96. The second kappa shape index (κ2) is 4.62. The molecule has 0 spiro atoms. The molecule has 69 valence electrons. The van der Waals surface area contributed by atoms with Crippen molar-refractivity contribution in [3.8, 4) is 0 Å². The van der Waals surface area contributed by atoms with Crippen LogP contribution < -0.4 is 5.32 Å². The molecule has 0 atom stereocenters. The maximum absolute atomic E-state index is 11.0. The standard InChI is InChI=1S/C10H12NO2/c1-8-3-5-9(6-4-8)11-10(12)7-13-2/h3-6H,2,7H2,1H3,(H,11,12). The summed E-state index contributed by atoms with van der Waals surface area (Å²) in [6, 6.07) is 7.55. The first kappa shape index (κ1) is 9.74. The molecule has 1 rings (SSSR count). The molecule has 1 N–H and O–H groups in total. The quantitative estimate of drug-likeness (QED) is 0.765. The van der Waals surface area contributed by atoms with Gasteiger partial charge in [-0.3, -0.25) is 4.79 Å². The molecule has 3 heteroatoms. The molecule has 13 heavy (non-hydrogen) atoms. The molecule has 3 nitrogen and oxygen atoms in total. The molecule has 1 aromatic rings. The third-order valence-electron chi connectivity index (χ3n) is 1.57. The summed E-state index contributed by atoms with van der Waals surface area (Å²) in [6.07, 6.45) is 0. The van der Waals surface area contributed by atoms with E-state index < -0.39 is 0 Å². The zero-order chi connectivity index (χ0) is 9.68. The predicted molar refractivity (Wildman–Crippen MR) is 51.1 cm³/mol. The van der Waals surface area contributed by atoms with Crippen molar-refractivity contribution < 1.29 is 9.53 Å². The lowest BCUT2D eigenvalue weighted by atomic mass is 10.2. The van der Waals surface area contributed by atoms with Crippen LogP contribution in [0, 0.1) is 14.0 Å². The van der Waals surface area contributed by atoms with Gasteiger partial charge in [0.1, 0.15) is 6.61 Å². The molecule has 0 aromatic heterocycles. The molecule has 0 unspecified atom stereocenters. The summed E-state index contributed by atoms with van der Waals surface area (Å²) in [5, 5.41) is 2.67. The van der Waals surface area contributed by atoms with E-state index in [0.717, 1.165) is 11.3 Å². The Morgan fingerprint density at radius 1 is 1.46 bits per heavy atom. The zero-order valence-electron chi connectivity index (χ0n) is 7.54. The van der Waals surface area contributed by atoms with Crippen LogP contribution in [0.2, 0.25) is 0 Å². The number of anilines is 1. The maximum atomic E-state index is 11.0. The molecule has 1 radical (unpaired) electrons. The smallest absolute Gasteiger partial charge is 0.250 e. The van der Waals surface area contributed by atoms with Crippen molar-refractivity contribution in [3.05, 3.63) is 36.9 Å². The molecule has 0 aliphatic heterocycles. The van der Waals surface area contributed by atoms with E-state index in [1.54, 1.807) is 0 Å². The number of carbonyl (C=O) groups is 1. The lowest BCUT2D eigenvalue weighted by molar-refractivity contribution is -0.119. The number of aryl methyl sites for hydroxylation is 1. The van der Waals surface area contributed by atoms with Crippen LogP contribution in [-0.2, 0) is 9.53 Å². The number of carbonyl (C=O) groups excluding carboxylic acids is 1. The minimum Gasteiger partial charge on any atom is -0.369 e. The van der Waals surface area contributed by atoms with Crippen molar-refractivity contribution in [1.29, 1.82) is 0 Å². The van der Waals surface area contributed by atoms with E-state index in [-0.39, 0.29) is 12.5 Å². The minimum absolute atomic E-state index is 0.0200. The summed E-state index contributed by atoms with van der Waals surface area (Å²) in [6.45, 7) is 1.97. The summed E-state index contributed by atoms with van der Waals surface area (Å²) >= 11 is 0. The van der Waals surface area contributed by atoms with Crippen LogP contribution in [0.15, 0.2) is 24.3 Å². The Labute approximate surface area is 77.7 Å². The fourth-order valence-electron chi connectivity index (χ4n) is 0.927. The van der Waals surface area contributed by atoms with Crippen molar-refractivity contribution in [2.24, 2.45) is 0 Å². The highest BCUT2D eigenvalue weighted by Crippen LogP contribution is 2.07. The molecule has 0 saturated heterocycles. The highest BCUT2D eigenvalue weighted by atomic mass is 16.5. The summed E-state index contributed by atoms with van der Waals surface area (Å²) in [7, 11) is 3.12. The highest BCUT2D eigenvalue weighted by Gasteiger charge is 1.99. The van der Waals surface area contributed by atoms with E-state index in [1.807, 2.05) is 31.2 Å². The van der Waals surface area contributed by atoms with Crippen molar-refractivity contribution >= 4 is 11.6 Å². The molecule has 0 aliphatic carbocycles. The van der Waals surface area contributed by atoms with Crippen LogP contribution in [0.5, 0.6) is 0 Å². The molecular formula is C10H12NO2. The van der Waals surface area contributed by atoms with Gasteiger partial charge in [-0.15, -0.1) is 0 Å². The normalized spacial score (nSPS) is 9.69. The minimum atomic E-state index is -0.196. The summed E-state index contributed by atoms with van der Waals surface area (Å²) in [5.41, 5.74) is 1.93. The first-order valence-corrected chi connectivity index (χ1v) is 3.96. The Kier molecular flexibility index (Phi) is 3.46. The Morgan fingerprint density at radius 3 is 2.62 bits per heavy atom. The van der Waals surface area contributed by atoms with Crippen LogP contribution >= 0.6 is 0 Å². The summed E-state index contributed by atoms with van der Waals surface area (Å²) < 4.78 is 4.44. The number of hydrogen-bond acceptors (Lipinski definition) is 2. The third kappa shape index (κ3) is 3.25. The van der Waals surface area contributed by atoms with Crippen molar-refractivity contribution in [3.63, 3.8) is 0 Å². The Hall–Kier alpha value is -1.35. The molecule has 0 heterocycles. The summed E-state index contributed by atoms with van der Waals surface area (Å²) in [5.74, 6) is -0.196. The van der Waals surface area contributed by atoms with Crippen molar-refractivity contribution in [2.45, 2.75) is 6.92 Å². The number of nitrogens with one attached hydrogen (secondary N) is 1. The van der Waals surface area contributed by atoms with Gasteiger partial charge >= 0.3 is 0 Å². The van der Waals surface area contributed by atoms with Crippen molar-refractivity contribution in [2.75, 3.05) is 11.9 Å². The number of amides is 1. The van der Waals surface area contributed by atoms with Crippen LogP contribution in [0.25, 0.3) is 0 Å². The average molecular weight is 178 g/mol. The van der Waals surface area contributed by atoms with Gasteiger partial charge in [-0.05, 0) is 19.1 Å². The van der Waals surface area contributed by atoms with E-state index >= 15 is 0 Å². The SMILES string of the molecule is [CH2]OCC(=O)Nc1ccc(C)cc1. The third-order valence-corrected chi connectivity index (χ3v) is 1.57. The fraction of sp³-hybridized carbons (Fsp3) is 0.200. The second-order valence-corrected chi connectivity index (χ2v) is 2.76. The molecule has 0 saturated carbocycles. The first-order chi connectivity index (χ1) is 6.22. The molecule has 1 amide bonds. The van der Waals surface area contributed by atoms with Crippen molar-refractivity contribution in [1.82, 2.24) is 0 Å². The van der Waals surface area contributed by atoms with Gasteiger partial charge in [0, 0.05) is 5.69 Å². The average Bonchev–Trinajstić information content (AvgIpc) is 2.09. The molecule has 0 fully saturated rings. The second-order valence-electron chi connectivity index (χ2n) is 2.76. The largest absolute Gasteiger partial charge is 0.369 e. The number of hydrogen-bond donors (Lipinski definition) is 1. The Balaban J connectivity index is 2.54. The van der Waals surface area contributed by atoms with Gasteiger partial charge in [0.25, 0.3) is 0 Å². The van der Waals surface area contributed by atoms with Crippen LogP contribution in [-0.4, -0.2) is 12.5 Å². The number of benzene rings is 1. The zero-order valence-corrected chi connectivity index (χ0v) is 7.54. The molecule has 0 bridgehead atoms. The lowest BCUT2D eigenvalue weighted by Gasteiger charge is -2.03. The van der Waals surface area contributed by atoms with Gasteiger partial charge in [-0.25, -0.2) is 0 Å². The van der Waals surface area contributed by atoms with Crippen LogP contribution in [0.1, 0.15) is 5.56 Å². The molecule has 1 aromatic carbocycles.